The number of ketones is 1. The molecular formula is C34H41N3O5S. The van der Waals surface area contributed by atoms with Crippen molar-refractivity contribution in [3.63, 3.8) is 0 Å². The summed E-state index contributed by atoms with van der Waals surface area (Å²) in [5, 5.41) is 0. The first-order chi connectivity index (χ1) is 20.3. The van der Waals surface area contributed by atoms with Crippen molar-refractivity contribution in [2.24, 2.45) is 11.3 Å². The van der Waals surface area contributed by atoms with Crippen molar-refractivity contribution in [1.29, 1.82) is 0 Å². The largest absolute Gasteiger partial charge is 0.496 e. The molecule has 0 spiro atoms. The number of Topliss-reactive ketones (excluding diaryl/α,β-unsaturated/α-hetero) is 1. The summed E-state index contributed by atoms with van der Waals surface area (Å²) >= 11 is 1.22. The molecule has 0 saturated carbocycles. The Morgan fingerprint density at radius 3 is 2.51 bits per heavy atom. The molecule has 5 rings (SSSR count). The van der Waals surface area contributed by atoms with Gasteiger partial charge in [-0.2, -0.15) is 0 Å². The Morgan fingerprint density at radius 2 is 1.88 bits per heavy atom. The molecule has 228 valence electrons. The van der Waals surface area contributed by atoms with Crippen molar-refractivity contribution in [2.75, 3.05) is 19.9 Å². The van der Waals surface area contributed by atoms with Crippen molar-refractivity contribution < 1.29 is 23.9 Å². The summed E-state index contributed by atoms with van der Waals surface area (Å²) in [4.78, 5) is 47.6. The van der Waals surface area contributed by atoms with Crippen LogP contribution in [0.2, 0.25) is 0 Å². The molecule has 0 unspecified atom stereocenters. The van der Waals surface area contributed by atoms with E-state index in [-0.39, 0.29) is 35.0 Å². The second-order valence-corrected chi connectivity index (χ2v) is 13.3. The molecule has 1 aromatic carbocycles. The van der Waals surface area contributed by atoms with E-state index in [4.69, 9.17) is 14.5 Å². The van der Waals surface area contributed by atoms with E-state index in [1.165, 1.54) is 11.9 Å². The fourth-order valence-electron chi connectivity index (χ4n) is 6.90. The number of hydrogen-bond donors (Lipinski definition) is 1. The van der Waals surface area contributed by atoms with Gasteiger partial charge in [0.2, 0.25) is 0 Å². The summed E-state index contributed by atoms with van der Waals surface area (Å²) in [5.41, 5.74) is 4.91. The number of benzene rings is 1. The lowest BCUT2D eigenvalue weighted by atomic mass is 9.68. The molecule has 0 fully saturated rings. The Hall–Kier alpha value is -3.59. The van der Waals surface area contributed by atoms with Gasteiger partial charge in [-0.15, -0.1) is 0 Å². The molecule has 9 heteroatoms. The summed E-state index contributed by atoms with van der Waals surface area (Å²) in [6.45, 7) is 14.7. The van der Waals surface area contributed by atoms with Gasteiger partial charge in [-0.25, -0.2) is 4.98 Å². The number of amides is 2. The van der Waals surface area contributed by atoms with Crippen LogP contribution in [0, 0.1) is 25.2 Å². The van der Waals surface area contributed by atoms with Crippen LogP contribution in [0.25, 0.3) is 11.3 Å². The van der Waals surface area contributed by atoms with Crippen molar-refractivity contribution >= 4 is 29.5 Å². The molecule has 1 aromatic heterocycles. The van der Waals surface area contributed by atoms with Gasteiger partial charge in [-0.05, 0) is 61.4 Å². The Labute approximate surface area is 258 Å². The number of pyridine rings is 1. The van der Waals surface area contributed by atoms with E-state index < -0.39 is 5.92 Å². The van der Waals surface area contributed by atoms with E-state index in [1.807, 2.05) is 49.9 Å². The highest BCUT2D eigenvalue weighted by Gasteiger charge is 2.53. The van der Waals surface area contributed by atoms with Gasteiger partial charge >= 0.3 is 0 Å². The quantitative estimate of drug-likeness (QED) is 0.372. The van der Waals surface area contributed by atoms with Crippen molar-refractivity contribution in [1.82, 2.24) is 14.6 Å². The number of carbonyl (C=O) groups is 3. The summed E-state index contributed by atoms with van der Waals surface area (Å²) in [7, 11) is 1.61. The van der Waals surface area contributed by atoms with Gasteiger partial charge in [0.25, 0.3) is 11.8 Å². The molecule has 1 N–H and O–H groups in total. The number of methoxy groups -OCH3 is 1. The number of allylic oxidation sites excluding steroid dienone is 2. The standard InChI is InChI=1S/C34H41N3O5S/c1-10-37-30(17(2)3)31-28(33(37)40)27(26-22(38)15-34(6,7)16-24(26)42-31)25-19(5)20(12-14-23(25)41-8)21-13-11-18(4)29(35-21)32(39)36-43-9/h11-14,17,27,30H,10,15-16H2,1-9H3,(H,36,39)/t27-,30+/m0/s1. The number of nitrogens with one attached hydrogen (secondary N) is 1. The molecule has 0 bridgehead atoms. The first-order valence-corrected chi connectivity index (χ1v) is 16.1. The number of likely N-dealkylation sites (N-methyl/N-ethyl adjacent to an activating group) is 1. The highest BCUT2D eigenvalue weighted by Crippen LogP contribution is 2.55. The maximum atomic E-state index is 14.2. The fourth-order valence-corrected chi connectivity index (χ4v) is 7.18. The Bertz CT molecular complexity index is 1590. The molecule has 0 saturated heterocycles. The van der Waals surface area contributed by atoms with Crippen LogP contribution in [0.4, 0.5) is 0 Å². The van der Waals surface area contributed by atoms with Crippen LogP contribution >= 0.6 is 11.9 Å². The van der Waals surface area contributed by atoms with E-state index in [2.05, 4.69) is 32.4 Å². The molecule has 3 aliphatic rings. The Kier molecular flexibility index (Phi) is 8.24. The van der Waals surface area contributed by atoms with Crippen molar-refractivity contribution in [3.8, 4) is 17.0 Å². The van der Waals surface area contributed by atoms with Gasteiger partial charge < -0.3 is 14.4 Å². The maximum absolute atomic E-state index is 14.2. The van der Waals surface area contributed by atoms with Gasteiger partial charge in [0.15, 0.2) is 5.78 Å². The van der Waals surface area contributed by atoms with E-state index >= 15 is 0 Å². The minimum atomic E-state index is -0.646. The van der Waals surface area contributed by atoms with E-state index in [1.54, 1.807) is 13.4 Å². The van der Waals surface area contributed by atoms with Gasteiger partial charge in [0, 0.05) is 42.3 Å². The topological polar surface area (TPSA) is 97.8 Å². The first-order valence-electron chi connectivity index (χ1n) is 14.8. The zero-order chi connectivity index (χ0) is 31.4. The Morgan fingerprint density at radius 1 is 1.16 bits per heavy atom. The second kappa shape index (κ2) is 11.5. The minimum Gasteiger partial charge on any atom is -0.496 e. The molecule has 2 atom stereocenters. The molecular weight excluding hydrogens is 562 g/mol. The predicted molar refractivity (Wildman–Crippen MR) is 169 cm³/mol. The average molecular weight is 604 g/mol. The van der Waals surface area contributed by atoms with Crippen LogP contribution in [0.5, 0.6) is 5.75 Å². The molecule has 43 heavy (non-hydrogen) atoms. The smallest absolute Gasteiger partial charge is 0.279 e. The summed E-state index contributed by atoms with van der Waals surface area (Å²) in [6, 6.07) is 7.34. The highest BCUT2D eigenvalue weighted by molar-refractivity contribution is 7.97. The lowest BCUT2D eigenvalue weighted by molar-refractivity contribution is -0.127. The van der Waals surface area contributed by atoms with E-state index in [0.717, 1.165) is 22.3 Å². The third kappa shape index (κ3) is 5.15. The van der Waals surface area contributed by atoms with Crippen LogP contribution in [-0.2, 0) is 14.3 Å². The summed E-state index contributed by atoms with van der Waals surface area (Å²) in [5.74, 6) is 0.963. The number of aromatic nitrogens is 1. The third-order valence-corrected chi connectivity index (χ3v) is 9.18. The highest BCUT2D eigenvalue weighted by atomic mass is 32.2. The van der Waals surface area contributed by atoms with Crippen LogP contribution < -0.4 is 9.46 Å². The third-order valence-electron chi connectivity index (χ3n) is 8.79. The second-order valence-electron chi connectivity index (χ2n) is 12.7. The molecule has 8 nitrogen and oxygen atoms in total. The number of rotatable bonds is 7. The summed E-state index contributed by atoms with van der Waals surface area (Å²) < 4.78 is 15.3. The van der Waals surface area contributed by atoms with Crippen LogP contribution in [0.3, 0.4) is 0 Å². The first kappa shape index (κ1) is 30.9. The number of aryl methyl sites for hydroxylation is 1. The minimum absolute atomic E-state index is 0.0111. The number of nitrogens with zero attached hydrogens (tertiary/aromatic N) is 2. The van der Waals surface area contributed by atoms with Crippen LogP contribution in [-0.4, -0.2) is 53.4 Å². The predicted octanol–water partition coefficient (Wildman–Crippen LogP) is 6.28. The molecule has 2 aromatic rings. The lowest BCUT2D eigenvalue weighted by Crippen LogP contribution is -2.39. The van der Waals surface area contributed by atoms with Gasteiger partial charge in [0.05, 0.1) is 30.3 Å². The van der Waals surface area contributed by atoms with E-state index in [9.17, 15) is 14.4 Å². The SMILES string of the molecule is CCN1C(=O)C2=C(OC3=C(C(=O)CC(C)(C)C3)[C@@H]2c2c(OC)ccc(-c3ccc(C)c(C(=O)NSC)n3)c2C)[C@H]1C(C)C. The monoisotopic (exact) mass is 603 g/mol. The van der Waals surface area contributed by atoms with Crippen LogP contribution in [0.1, 0.15) is 80.6 Å². The average Bonchev–Trinajstić information content (AvgIpc) is 3.22. The number of carbonyl (C=O) groups excluding carboxylic acids is 3. The molecule has 3 heterocycles. The van der Waals surface area contributed by atoms with Gasteiger partial charge in [-0.1, -0.05) is 45.7 Å². The number of ether oxygens (including phenoxy) is 2. The zero-order valence-corrected chi connectivity index (χ0v) is 27.3. The maximum Gasteiger partial charge on any atom is 0.279 e. The zero-order valence-electron chi connectivity index (χ0n) is 26.5. The van der Waals surface area contributed by atoms with Gasteiger partial charge in [0.1, 0.15) is 23.0 Å². The van der Waals surface area contributed by atoms with Crippen molar-refractivity contribution in [2.45, 2.75) is 73.3 Å². The van der Waals surface area contributed by atoms with Crippen LogP contribution in [0.15, 0.2) is 46.9 Å². The molecule has 0 radical (unpaired) electrons. The fraction of sp³-hybridized carbons (Fsp3) is 0.471. The lowest BCUT2D eigenvalue weighted by Gasteiger charge is -2.39. The molecule has 2 amide bonds. The Balaban J connectivity index is 1.78. The summed E-state index contributed by atoms with van der Waals surface area (Å²) in [6.07, 6.45) is 2.75. The number of hydrogen-bond acceptors (Lipinski definition) is 7. The van der Waals surface area contributed by atoms with E-state index in [0.29, 0.717) is 59.2 Å². The molecule has 2 aliphatic heterocycles. The van der Waals surface area contributed by atoms with Crippen molar-refractivity contribution in [3.05, 3.63) is 69.3 Å². The van der Waals surface area contributed by atoms with Gasteiger partial charge in [-0.3, -0.25) is 19.1 Å². The normalized spacial score (nSPS) is 21.2. The molecule has 1 aliphatic carbocycles.